The van der Waals surface area contributed by atoms with Gasteiger partial charge in [0.2, 0.25) is 5.91 Å². The number of rotatable bonds is 10. The number of amides is 1. The lowest BCUT2D eigenvalue weighted by Gasteiger charge is -2.31. The van der Waals surface area contributed by atoms with Crippen LogP contribution in [-0.2, 0) is 9.53 Å². The Bertz CT molecular complexity index is 220. The Kier molecular flexibility index (Phi) is 8.12. The fourth-order valence-corrected chi connectivity index (χ4v) is 1.85. The van der Waals surface area contributed by atoms with E-state index in [0.29, 0.717) is 13.0 Å². The number of ether oxygens (including phenoxy) is 1. The quantitative estimate of drug-likeness (QED) is 0.577. The number of hydrogen-bond donors (Lipinski definition) is 2. The van der Waals surface area contributed by atoms with Crippen LogP contribution in [0.5, 0.6) is 0 Å². The van der Waals surface area contributed by atoms with Gasteiger partial charge in [-0.3, -0.25) is 4.79 Å². The van der Waals surface area contributed by atoms with Crippen molar-refractivity contribution in [3.63, 3.8) is 0 Å². The highest BCUT2D eigenvalue weighted by atomic mass is 16.5. The van der Waals surface area contributed by atoms with Gasteiger partial charge in [0.15, 0.2) is 0 Å². The van der Waals surface area contributed by atoms with E-state index in [2.05, 4.69) is 24.1 Å². The van der Waals surface area contributed by atoms with Gasteiger partial charge in [0.05, 0.1) is 6.61 Å². The minimum atomic E-state index is -0.734. The van der Waals surface area contributed by atoms with Gasteiger partial charge < -0.3 is 20.7 Å². The van der Waals surface area contributed by atoms with E-state index in [4.69, 9.17) is 10.5 Å². The summed E-state index contributed by atoms with van der Waals surface area (Å²) < 4.78 is 5.09. The molecule has 0 aromatic rings. The van der Waals surface area contributed by atoms with E-state index in [1.54, 1.807) is 7.11 Å². The number of likely N-dealkylation sites (N-methyl/N-ethyl adjacent to an activating group) is 1. The lowest BCUT2D eigenvalue weighted by Crippen LogP contribution is -2.59. The van der Waals surface area contributed by atoms with Gasteiger partial charge in [-0.1, -0.05) is 20.8 Å². The first-order chi connectivity index (χ1) is 8.06. The molecule has 0 spiro atoms. The average molecular weight is 245 g/mol. The van der Waals surface area contributed by atoms with Gasteiger partial charge >= 0.3 is 0 Å². The van der Waals surface area contributed by atoms with Crippen LogP contribution in [0.25, 0.3) is 0 Å². The van der Waals surface area contributed by atoms with Crippen LogP contribution >= 0.6 is 0 Å². The maximum absolute atomic E-state index is 11.5. The number of primary amides is 1. The smallest absolute Gasteiger partial charge is 0.240 e. The molecule has 0 saturated carbocycles. The minimum Gasteiger partial charge on any atom is -0.382 e. The van der Waals surface area contributed by atoms with Crippen molar-refractivity contribution in [2.45, 2.75) is 32.7 Å². The first-order valence-electron chi connectivity index (χ1n) is 6.32. The van der Waals surface area contributed by atoms with Crippen LogP contribution in [0.4, 0.5) is 0 Å². The fourth-order valence-electron chi connectivity index (χ4n) is 1.85. The van der Waals surface area contributed by atoms with Crippen molar-refractivity contribution in [3.8, 4) is 0 Å². The third-order valence-corrected chi connectivity index (χ3v) is 3.25. The topological polar surface area (TPSA) is 67.6 Å². The maximum Gasteiger partial charge on any atom is 0.240 e. The number of hydrogen-bond acceptors (Lipinski definition) is 4. The minimum absolute atomic E-state index is 0.317. The second-order valence-corrected chi connectivity index (χ2v) is 4.19. The second kappa shape index (κ2) is 8.44. The number of methoxy groups -OCH3 is 1. The predicted octanol–water partition coefficient (Wildman–Crippen LogP) is 0.198. The number of nitrogens with two attached hydrogens (primary N) is 1. The molecule has 1 unspecified atom stereocenters. The highest BCUT2D eigenvalue weighted by Crippen LogP contribution is 2.09. The molecule has 1 atom stereocenters. The SMILES string of the molecule is CCN(CC)CCNC(CC)(COC)C(N)=O. The molecule has 0 aliphatic heterocycles. The molecule has 0 aliphatic rings. The van der Waals surface area contributed by atoms with Gasteiger partial charge in [0.1, 0.15) is 5.54 Å². The summed E-state index contributed by atoms with van der Waals surface area (Å²) in [6, 6.07) is 0. The Hall–Kier alpha value is -0.650. The highest BCUT2D eigenvalue weighted by Gasteiger charge is 2.34. The zero-order chi connectivity index (χ0) is 13.3. The van der Waals surface area contributed by atoms with Crippen LogP contribution in [0.15, 0.2) is 0 Å². The predicted molar refractivity (Wildman–Crippen MR) is 69.9 cm³/mol. The van der Waals surface area contributed by atoms with Gasteiger partial charge in [-0.2, -0.15) is 0 Å². The standard InChI is InChI=1S/C12H27N3O2/c1-5-12(10-17-4,11(13)16)14-8-9-15(6-2)7-3/h14H,5-10H2,1-4H3,(H2,13,16). The summed E-state index contributed by atoms with van der Waals surface area (Å²) in [6.07, 6.45) is 0.633. The van der Waals surface area contributed by atoms with Crippen molar-refractivity contribution in [2.75, 3.05) is 39.9 Å². The van der Waals surface area contributed by atoms with E-state index < -0.39 is 5.54 Å². The molecule has 0 aromatic heterocycles. The molecule has 1 amide bonds. The highest BCUT2D eigenvalue weighted by molar-refractivity contribution is 5.84. The lowest BCUT2D eigenvalue weighted by atomic mass is 9.96. The molecule has 0 saturated heterocycles. The molecule has 5 heteroatoms. The molecule has 0 rings (SSSR count). The summed E-state index contributed by atoms with van der Waals surface area (Å²) in [5.41, 5.74) is 4.72. The van der Waals surface area contributed by atoms with Crippen LogP contribution in [0.1, 0.15) is 27.2 Å². The van der Waals surface area contributed by atoms with Crippen molar-refractivity contribution in [3.05, 3.63) is 0 Å². The van der Waals surface area contributed by atoms with Crippen LogP contribution < -0.4 is 11.1 Å². The van der Waals surface area contributed by atoms with Crippen molar-refractivity contribution in [2.24, 2.45) is 5.73 Å². The lowest BCUT2D eigenvalue weighted by molar-refractivity contribution is -0.126. The molecule has 0 bridgehead atoms. The van der Waals surface area contributed by atoms with Crippen LogP contribution in [0.2, 0.25) is 0 Å². The van der Waals surface area contributed by atoms with Crippen LogP contribution in [0, 0.1) is 0 Å². The van der Waals surface area contributed by atoms with Gasteiger partial charge in [-0.25, -0.2) is 0 Å². The summed E-state index contributed by atoms with van der Waals surface area (Å²) in [6.45, 7) is 10.2. The number of nitrogens with one attached hydrogen (secondary N) is 1. The Morgan fingerprint density at radius 3 is 2.29 bits per heavy atom. The molecule has 0 aromatic carbocycles. The van der Waals surface area contributed by atoms with Crippen molar-refractivity contribution in [1.82, 2.24) is 10.2 Å². The second-order valence-electron chi connectivity index (χ2n) is 4.19. The molecule has 0 aliphatic carbocycles. The Labute approximate surface area is 105 Å². The summed E-state index contributed by atoms with van der Waals surface area (Å²) in [5.74, 6) is -0.346. The fraction of sp³-hybridized carbons (Fsp3) is 0.917. The zero-order valence-corrected chi connectivity index (χ0v) is 11.6. The number of nitrogens with zero attached hydrogens (tertiary/aromatic N) is 1. The van der Waals surface area contributed by atoms with Gasteiger partial charge in [-0.15, -0.1) is 0 Å². The molecular formula is C12H27N3O2. The molecule has 0 fully saturated rings. The summed E-state index contributed by atoms with van der Waals surface area (Å²) in [7, 11) is 1.58. The molecule has 0 radical (unpaired) electrons. The Balaban J connectivity index is 4.30. The molecule has 17 heavy (non-hydrogen) atoms. The van der Waals surface area contributed by atoms with Crippen molar-refractivity contribution in [1.29, 1.82) is 0 Å². The third kappa shape index (κ3) is 5.02. The molecular weight excluding hydrogens is 218 g/mol. The maximum atomic E-state index is 11.5. The normalized spacial score (nSPS) is 14.9. The molecule has 5 nitrogen and oxygen atoms in total. The average Bonchev–Trinajstić information content (AvgIpc) is 2.33. The summed E-state index contributed by atoms with van der Waals surface area (Å²) in [5, 5.41) is 3.24. The van der Waals surface area contributed by atoms with Crippen LogP contribution in [0.3, 0.4) is 0 Å². The number of carbonyl (C=O) groups is 1. The Morgan fingerprint density at radius 2 is 1.94 bits per heavy atom. The van der Waals surface area contributed by atoms with E-state index in [1.165, 1.54) is 0 Å². The Morgan fingerprint density at radius 1 is 1.35 bits per heavy atom. The van der Waals surface area contributed by atoms with E-state index in [1.807, 2.05) is 6.92 Å². The zero-order valence-electron chi connectivity index (χ0n) is 11.6. The molecule has 102 valence electrons. The number of carbonyl (C=O) groups excluding carboxylic acids is 1. The van der Waals surface area contributed by atoms with E-state index in [0.717, 1.165) is 26.2 Å². The van der Waals surface area contributed by atoms with E-state index >= 15 is 0 Å². The van der Waals surface area contributed by atoms with Crippen molar-refractivity contribution < 1.29 is 9.53 Å². The summed E-state index contributed by atoms with van der Waals surface area (Å²) >= 11 is 0. The van der Waals surface area contributed by atoms with Crippen molar-refractivity contribution >= 4 is 5.91 Å². The van der Waals surface area contributed by atoms with Crippen LogP contribution in [-0.4, -0.2) is 56.2 Å². The van der Waals surface area contributed by atoms with Gasteiger partial charge in [0, 0.05) is 20.2 Å². The van der Waals surface area contributed by atoms with Gasteiger partial charge in [0.25, 0.3) is 0 Å². The van der Waals surface area contributed by atoms with Gasteiger partial charge in [-0.05, 0) is 19.5 Å². The third-order valence-electron chi connectivity index (χ3n) is 3.25. The largest absolute Gasteiger partial charge is 0.382 e. The summed E-state index contributed by atoms with van der Waals surface area (Å²) in [4.78, 5) is 13.8. The first-order valence-corrected chi connectivity index (χ1v) is 6.32. The monoisotopic (exact) mass is 245 g/mol. The first kappa shape index (κ1) is 16.4. The molecule has 0 heterocycles. The van der Waals surface area contributed by atoms with E-state index in [9.17, 15) is 4.79 Å². The van der Waals surface area contributed by atoms with E-state index in [-0.39, 0.29) is 5.91 Å². The molecule has 3 N–H and O–H groups in total.